The summed E-state index contributed by atoms with van der Waals surface area (Å²) >= 11 is 0. The first-order valence-electron chi connectivity index (χ1n) is 8.08. The second kappa shape index (κ2) is 8.16. The molecule has 0 fully saturated rings. The van der Waals surface area contributed by atoms with E-state index in [2.05, 4.69) is 38.2 Å². The summed E-state index contributed by atoms with van der Waals surface area (Å²) in [6.07, 6.45) is 3.29. The van der Waals surface area contributed by atoms with Crippen molar-refractivity contribution >= 4 is 17.7 Å². The van der Waals surface area contributed by atoms with Crippen molar-refractivity contribution in [2.75, 3.05) is 11.9 Å². The number of anilines is 1. The van der Waals surface area contributed by atoms with Crippen molar-refractivity contribution in [3.8, 4) is 11.8 Å². The quantitative estimate of drug-likeness (QED) is 0.817. The number of nitrogens with zero attached hydrogens (tertiary/aromatic N) is 1. The molecule has 0 saturated carbocycles. The molecule has 128 valence electrons. The van der Waals surface area contributed by atoms with Crippen molar-refractivity contribution < 1.29 is 9.53 Å². The highest BCUT2D eigenvalue weighted by atomic mass is 16.5. The Kier molecular flexibility index (Phi) is 5.97. The maximum atomic E-state index is 12.0. The minimum Gasteiger partial charge on any atom is -0.479 e. The topological polar surface area (TPSA) is 62.1 Å². The van der Waals surface area contributed by atoms with E-state index in [9.17, 15) is 4.79 Å². The van der Waals surface area contributed by atoms with Gasteiger partial charge in [0.1, 0.15) is 11.8 Å². The first kappa shape index (κ1) is 18.3. The van der Waals surface area contributed by atoms with E-state index in [4.69, 9.17) is 10.00 Å². The van der Waals surface area contributed by atoms with Gasteiger partial charge in [0.25, 0.3) is 0 Å². The molecule has 2 rings (SSSR count). The van der Waals surface area contributed by atoms with Crippen LogP contribution in [-0.4, -0.2) is 12.5 Å². The Morgan fingerprint density at radius 2 is 1.76 bits per heavy atom. The highest BCUT2D eigenvalue weighted by molar-refractivity contribution is 6.01. The Labute approximate surface area is 148 Å². The lowest BCUT2D eigenvalue weighted by Gasteiger charge is -2.18. The minimum atomic E-state index is -0.203. The number of benzene rings is 2. The average Bonchev–Trinajstić information content (AvgIpc) is 2.59. The van der Waals surface area contributed by atoms with Gasteiger partial charge < -0.3 is 10.1 Å². The van der Waals surface area contributed by atoms with E-state index >= 15 is 0 Å². The Morgan fingerprint density at radius 1 is 1.12 bits per heavy atom. The lowest BCUT2D eigenvalue weighted by atomic mass is 9.87. The summed E-state index contributed by atoms with van der Waals surface area (Å²) in [5.41, 5.74) is 3.01. The molecular formula is C21H22N2O2. The van der Waals surface area contributed by atoms with Gasteiger partial charge in [0.15, 0.2) is 6.61 Å². The van der Waals surface area contributed by atoms with E-state index in [1.54, 1.807) is 30.3 Å². The molecule has 0 bridgehead atoms. The molecule has 0 heterocycles. The first-order valence-corrected chi connectivity index (χ1v) is 8.08. The summed E-state index contributed by atoms with van der Waals surface area (Å²) in [5, 5.41) is 11.3. The normalized spacial score (nSPS) is 11.1. The third-order valence-corrected chi connectivity index (χ3v) is 3.63. The molecule has 4 heteroatoms. The molecule has 1 N–H and O–H groups in total. The Bertz CT molecular complexity index is 777. The van der Waals surface area contributed by atoms with Gasteiger partial charge in [-0.25, -0.2) is 0 Å². The molecule has 0 spiro atoms. The monoisotopic (exact) mass is 334 g/mol. The van der Waals surface area contributed by atoms with Gasteiger partial charge in [0.2, 0.25) is 5.91 Å². The van der Waals surface area contributed by atoms with Crippen LogP contribution in [0.5, 0.6) is 5.75 Å². The lowest BCUT2D eigenvalue weighted by molar-refractivity contribution is -0.111. The molecule has 0 aliphatic rings. The number of hydrogen-bond donors (Lipinski definition) is 1. The van der Waals surface area contributed by atoms with Gasteiger partial charge in [-0.2, -0.15) is 5.26 Å². The van der Waals surface area contributed by atoms with Crippen LogP contribution in [0, 0.1) is 11.3 Å². The number of ether oxygens (including phenoxy) is 1. The van der Waals surface area contributed by atoms with Crippen LogP contribution in [0.2, 0.25) is 0 Å². The molecule has 0 atom stereocenters. The number of nitrogens with one attached hydrogen (secondary N) is 1. The minimum absolute atomic E-state index is 0.00243. The zero-order valence-corrected chi connectivity index (χ0v) is 14.7. The number of nitriles is 1. The van der Waals surface area contributed by atoms with Crippen LogP contribution < -0.4 is 10.1 Å². The van der Waals surface area contributed by atoms with E-state index in [0.717, 1.165) is 5.56 Å². The molecule has 25 heavy (non-hydrogen) atoms. The summed E-state index contributed by atoms with van der Waals surface area (Å²) in [7, 11) is 0. The number of carbonyl (C=O) groups excluding carboxylic acids is 1. The van der Waals surface area contributed by atoms with Crippen molar-refractivity contribution in [3.63, 3.8) is 0 Å². The first-order chi connectivity index (χ1) is 11.9. The zero-order valence-electron chi connectivity index (χ0n) is 14.7. The van der Waals surface area contributed by atoms with Crippen molar-refractivity contribution in [2.24, 2.45) is 0 Å². The van der Waals surface area contributed by atoms with Crippen molar-refractivity contribution in [2.45, 2.75) is 26.2 Å². The van der Waals surface area contributed by atoms with Crippen molar-refractivity contribution in [3.05, 3.63) is 65.7 Å². The van der Waals surface area contributed by atoms with Crippen molar-refractivity contribution in [1.82, 2.24) is 0 Å². The lowest BCUT2D eigenvalue weighted by Crippen LogP contribution is -2.10. The Hall–Kier alpha value is -3.06. The van der Waals surface area contributed by atoms with Crippen molar-refractivity contribution in [1.29, 1.82) is 5.26 Å². The van der Waals surface area contributed by atoms with Gasteiger partial charge in [0, 0.05) is 11.8 Å². The number of carbonyl (C=O) groups is 1. The second-order valence-corrected chi connectivity index (χ2v) is 6.67. The highest BCUT2D eigenvalue weighted by Gasteiger charge is 2.12. The predicted octanol–water partition coefficient (Wildman–Crippen LogP) is 4.54. The van der Waals surface area contributed by atoms with Crippen LogP contribution >= 0.6 is 0 Å². The van der Waals surface area contributed by atoms with Crippen LogP contribution in [0.3, 0.4) is 0 Å². The molecule has 0 saturated heterocycles. The van der Waals surface area contributed by atoms with E-state index in [1.165, 1.54) is 11.6 Å². The summed E-state index contributed by atoms with van der Waals surface area (Å²) in [5.74, 6) is 0.389. The molecular weight excluding hydrogens is 312 g/mol. The summed E-state index contributed by atoms with van der Waals surface area (Å²) in [4.78, 5) is 12.0. The van der Waals surface area contributed by atoms with Crippen LogP contribution in [-0.2, 0) is 10.2 Å². The van der Waals surface area contributed by atoms with E-state index in [-0.39, 0.29) is 17.9 Å². The second-order valence-electron chi connectivity index (χ2n) is 6.67. The molecule has 0 aliphatic heterocycles. The van der Waals surface area contributed by atoms with E-state index < -0.39 is 0 Å². The average molecular weight is 334 g/mol. The van der Waals surface area contributed by atoms with Crippen LogP contribution in [0.4, 0.5) is 5.69 Å². The summed E-state index contributed by atoms with van der Waals surface area (Å²) in [6.45, 7) is 6.51. The van der Waals surface area contributed by atoms with Gasteiger partial charge >= 0.3 is 0 Å². The maximum absolute atomic E-state index is 12.0. The summed E-state index contributed by atoms with van der Waals surface area (Å²) in [6, 6.07) is 17.0. The van der Waals surface area contributed by atoms with Crippen LogP contribution in [0.15, 0.2) is 54.6 Å². The molecule has 2 aromatic carbocycles. The molecule has 4 nitrogen and oxygen atoms in total. The van der Waals surface area contributed by atoms with Gasteiger partial charge in [-0.1, -0.05) is 45.0 Å². The molecule has 0 aromatic heterocycles. The smallest absolute Gasteiger partial charge is 0.248 e. The third kappa shape index (κ3) is 5.82. The van der Waals surface area contributed by atoms with Crippen LogP contribution in [0.1, 0.15) is 31.9 Å². The Morgan fingerprint density at radius 3 is 2.32 bits per heavy atom. The largest absolute Gasteiger partial charge is 0.479 e. The molecule has 0 radical (unpaired) electrons. The van der Waals surface area contributed by atoms with Crippen LogP contribution in [0.25, 0.3) is 6.08 Å². The number of rotatable bonds is 5. The van der Waals surface area contributed by atoms with E-state index in [1.807, 2.05) is 18.2 Å². The molecule has 0 aliphatic carbocycles. The molecule has 1 amide bonds. The van der Waals surface area contributed by atoms with E-state index in [0.29, 0.717) is 11.4 Å². The van der Waals surface area contributed by atoms with Gasteiger partial charge in [-0.05, 0) is 46.9 Å². The standard InChI is InChI=1S/C21H22N2O2/c1-21(2,3)17-7-4-16(5-8-17)6-13-20(24)23-18-9-11-19(12-10-18)25-15-14-22/h4-13H,15H2,1-3H3,(H,23,24)/b13-6+. The summed E-state index contributed by atoms with van der Waals surface area (Å²) < 4.78 is 5.17. The molecule has 2 aromatic rings. The van der Waals surface area contributed by atoms with Gasteiger partial charge in [-0.3, -0.25) is 4.79 Å². The van der Waals surface area contributed by atoms with Gasteiger partial charge in [0.05, 0.1) is 0 Å². The fraction of sp³-hybridized carbons (Fsp3) is 0.238. The highest BCUT2D eigenvalue weighted by Crippen LogP contribution is 2.22. The number of amides is 1. The molecule has 0 unspecified atom stereocenters. The SMILES string of the molecule is CC(C)(C)c1ccc(/C=C/C(=O)Nc2ccc(OCC#N)cc2)cc1. The third-order valence-electron chi connectivity index (χ3n) is 3.63. The fourth-order valence-corrected chi connectivity index (χ4v) is 2.20. The maximum Gasteiger partial charge on any atom is 0.248 e. The Balaban J connectivity index is 1.93. The zero-order chi connectivity index (χ0) is 18.3. The number of hydrogen-bond acceptors (Lipinski definition) is 3. The predicted molar refractivity (Wildman–Crippen MR) is 100 cm³/mol. The van der Waals surface area contributed by atoms with Gasteiger partial charge in [-0.15, -0.1) is 0 Å². The fourth-order valence-electron chi connectivity index (χ4n) is 2.20.